The summed E-state index contributed by atoms with van der Waals surface area (Å²) in [6.45, 7) is 9.57. The van der Waals surface area contributed by atoms with Gasteiger partial charge in [-0.1, -0.05) is 6.07 Å². The molecule has 3 heterocycles. The number of rotatable bonds is 4. The summed E-state index contributed by atoms with van der Waals surface area (Å²) in [5.41, 5.74) is 1.08. The fourth-order valence-corrected chi connectivity index (χ4v) is 3.25. The molecule has 2 atom stereocenters. The molecule has 1 unspecified atom stereocenters. The number of morpholine rings is 1. The van der Waals surface area contributed by atoms with Crippen molar-refractivity contribution in [2.24, 2.45) is 4.99 Å². The minimum absolute atomic E-state index is 0. The van der Waals surface area contributed by atoms with Crippen molar-refractivity contribution in [3.8, 4) is 0 Å². The average molecular weight is 475 g/mol. The van der Waals surface area contributed by atoms with Gasteiger partial charge < -0.3 is 25.0 Å². The van der Waals surface area contributed by atoms with Crippen molar-refractivity contribution in [2.45, 2.75) is 39.0 Å². The van der Waals surface area contributed by atoms with Crippen LogP contribution in [0.4, 0.5) is 5.82 Å². The van der Waals surface area contributed by atoms with Crippen molar-refractivity contribution in [1.29, 1.82) is 0 Å². The Morgan fingerprint density at radius 3 is 2.85 bits per heavy atom. The number of hydrogen-bond acceptors (Lipinski definition) is 5. The third-order valence-corrected chi connectivity index (χ3v) is 4.58. The second-order valence-electron chi connectivity index (χ2n) is 6.71. The maximum atomic E-state index is 9.73. The van der Waals surface area contributed by atoms with Gasteiger partial charge in [-0.25, -0.2) is 9.98 Å². The Kier molecular flexibility index (Phi) is 8.36. The van der Waals surface area contributed by atoms with Gasteiger partial charge in [0.1, 0.15) is 5.82 Å². The summed E-state index contributed by atoms with van der Waals surface area (Å²) < 4.78 is 5.58. The molecule has 1 aromatic rings. The lowest BCUT2D eigenvalue weighted by Gasteiger charge is -2.32. The van der Waals surface area contributed by atoms with E-state index in [-0.39, 0.29) is 36.2 Å². The van der Waals surface area contributed by atoms with Crippen molar-refractivity contribution in [3.05, 3.63) is 23.9 Å². The van der Waals surface area contributed by atoms with Gasteiger partial charge >= 0.3 is 0 Å². The summed E-state index contributed by atoms with van der Waals surface area (Å²) in [4.78, 5) is 13.7. The third-order valence-electron chi connectivity index (χ3n) is 4.58. The Morgan fingerprint density at radius 1 is 1.38 bits per heavy atom. The number of aliphatic hydroxyl groups excluding tert-OH is 1. The highest BCUT2D eigenvalue weighted by Crippen LogP contribution is 2.16. The van der Waals surface area contributed by atoms with Gasteiger partial charge in [0.05, 0.1) is 25.4 Å². The third kappa shape index (κ3) is 5.68. The van der Waals surface area contributed by atoms with E-state index in [4.69, 9.17) is 9.73 Å². The first-order valence-electron chi connectivity index (χ1n) is 9.18. The number of nitrogens with one attached hydrogen (secondary N) is 1. The molecule has 1 aromatic heterocycles. The second-order valence-corrected chi connectivity index (χ2v) is 6.71. The normalized spacial score (nSPS) is 23.7. The number of anilines is 1. The average Bonchev–Trinajstić information content (AvgIpc) is 3.05. The summed E-state index contributed by atoms with van der Waals surface area (Å²) in [6, 6.07) is 4.16. The lowest BCUT2D eigenvalue weighted by molar-refractivity contribution is 0.0529. The fourth-order valence-electron chi connectivity index (χ4n) is 3.25. The van der Waals surface area contributed by atoms with Crippen LogP contribution in [-0.2, 0) is 11.3 Å². The molecule has 146 valence electrons. The molecule has 0 aromatic carbocycles. The van der Waals surface area contributed by atoms with Gasteiger partial charge in [-0.2, -0.15) is 0 Å². The van der Waals surface area contributed by atoms with Crippen molar-refractivity contribution in [3.63, 3.8) is 0 Å². The molecule has 0 spiro atoms. The topological polar surface area (TPSA) is 73.2 Å². The Labute approximate surface area is 172 Å². The Balaban J connectivity index is 0.00000243. The first-order chi connectivity index (χ1) is 12.2. The number of ether oxygens (including phenoxy) is 1. The molecule has 2 aliphatic heterocycles. The molecule has 3 rings (SSSR count). The minimum atomic E-state index is -0.249. The maximum Gasteiger partial charge on any atom is 0.194 e. The predicted molar refractivity (Wildman–Crippen MR) is 114 cm³/mol. The maximum absolute atomic E-state index is 9.73. The molecule has 0 amide bonds. The molecule has 2 N–H and O–H groups in total. The number of aliphatic hydroxyl groups is 1. The first kappa shape index (κ1) is 21.2. The first-order valence-corrected chi connectivity index (χ1v) is 9.18. The minimum Gasteiger partial charge on any atom is -0.391 e. The van der Waals surface area contributed by atoms with E-state index >= 15 is 0 Å². The van der Waals surface area contributed by atoms with E-state index in [9.17, 15) is 5.11 Å². The number of pyridine rings is 1. The number of aliphatic imine (C=N–C) groups is 1. The summed E-state index contributed by atoms with van der Waals surface area (Å²) in [6.07, 6.45) is 2.71. The second kappa shape index (κ2) is 10.3. The zero-order valence-electron chi connectivity index (χ0n) is 15.6. The number of guanidine groups is 1. The smallest absolute Gasteiger partial charge is 0.194 e. The van der Waals surface area contributed by atoms with Gasteiger partial charge in [-0.15, -0.1) is 24.0 Å². The zero-order chi connectivity index (χ0) is 17.6. The van der Waals surface area contributed by atoms with E-state index in [0.29, 0.717) is 13.1 Å². The van der Waals surface area contributed by atoms with Gasteiger partial charge in [0, 0.05) is 38.9 Å². The van der Waals surface area contributed by atoms with Crippen molar-refractivity contribution in [1.82, 2.24) is 15.2 Å². The molecule has 0 radical (unpaired) electrons. The van der Waals surface area contributed by atoms with Crippen LogP contribution in [0, 0.1) is 0 Å². The van der Waals surface area contributed by atoms with E-state index in [2.05, 4.69) is 46.1 Å². The number of aromatic nitrogens is 1. The van der Waals surface area contributed by atoms with Crippen LogP contribution in [0.25, 0.3) is 0 Å². The van der Waals surface area contributed by atoms with Gasteiger partial charge in [0.15, 0.2) is 5.96 Å². The molecule has 0 saturated carbocycles. The highest BCUT2D eigenvalue weighted by molar-refractivity contribution is 14.0. The largest absolute Gasteiger partial charge is 0.391 e. The van der Waals surface area contributed by atoms with Crippen LogP contribution < -0.4 is 10.2 Å². The predicted octanol–water partition coefficient (Wildman–Crippen LogP) is 1.46. The van der Waals surface area contributed by atoms with E-state index in [1.165, 1.54) is 0 Å². The molecular formula is C18H30IN5O2. The molecule has 2 saturated heterocycles. The van der Waals surface area contributed by atoms with Crippen LogP contribution in [0.1, 0.15) is 25.8 Å². The van der Waals surface area contributed by atoms with Crippen LogP contribution in [0.3, 0.4) is 0 Å². The molecule has 2 aliphatic rings. The van der Waals surface area contributed by atoms with E-state index in [1.54, 1.807) is 0 Å². The molecule has 7 nitrogen and oxygen atoms in total. The van der Waals surface area contributed by atoms with Gasteiger partial charge in [-0.3, -0.25) is 0 Å². The van der Waals surface area contributed by atoms with E-state index < -0.39 is 0 Å². The van der Waals surface area contributed by atoms with Gasteiger partial charge in [0.2, 0.25) is 0 Å². The SMILES string of the molecule is CCNC(=NCc1ccc(N2CCOC(C)C2)nc1)N1CC[C@@H](O)C1.I. The van der Waals surface area contributed by atoms with E-state index in [0.717, 1.165) is 56.5 Å². The number of β-amino-alcohol motifs (C(OH)–C–C–N with tert-alkyl or cyclic N) is 1. The number of nitrogens with zero attached hydrogens (tertiary/aromatic N) is 4. The summed E-state index contributed by atoms with van der Waals surface area (Å²) >= 11 is 0. The van der Waals surface area contributed by atoms with E-state index in [1.807, 2.05) is 6.20 Å². The Morgan fingerprint density at radius 2 is 2.23 bits per heavy atom. The molecular weight excluding hydrogens is 445 g/mol. The molecule has 2 fully saturated rings. The lowest BCUT2D eigenvalue weighted by Crippen LogP contribution is -2.41. The number of halogens is 1. The Bertz CT molecular complexity index is 583. The quantitative estimate of drug-likeness (QED) is 0.391. The molecule has 0 bridgehead atoms. The van der Waals surface area contributed by atoms with Crippen molar-refractivity contribution < 1.29 is 9.84 Å². The van der Waals surface area contributed by atoms with Crippen LogP contribution in [0.2, 0.25) is 0 Å². The monoisotopic (exact) mass is 475 g/mol. The van der Waals surface area contributed by atoms with Gasteiger partial charge in [0.25, 0.3) is 0 Å². The summed E-state index contributed by atoms with van der Waals surface area (Å²) in [5, 5.41) is 13.0. The molecule has 26 heavy (non-hydrogen) atoms. The Hall–Kier alpha value is -1.13. The van der Waals surface area contributed by atoms with Crippen molar-refractivity contribution in [2.75, 3.05) is 44.2 Å². The fraction of sp³-hybridized carbons (Fsp3) is 0.667. The highest BCUT2D eigenvalue weighted by atomic mass is 127. The standard InChI is InChI=1S/C18H29N5O2.HI/c1-3-19-18(23-7-6-16(24)13-23)21-11-15-4-5-17(20-10-15)22-8-9-25-14(2)12-22;/h4-5,10,14,16,24H,3,6-9,11-13H2,1-2H3,(H,19,21);1H/t14?,16-;/m1./s1. The molecule has 8 heteroatoms. The van der Waals surface area contributed by atoms with Gasteiger partial charge in [-0.05, 0) is 31.9 Å². The summed E-state index contributed by atoms with van der Waals surface area (Å²) in [5.74, 6) is 1.86. The number of hydrogen-bond donors (Lipinski definition) is 2. The van der Waals surface area contributed by atoms with Crippen LogP contribution in [0.15, 0.2) is 23.3 Å². The van der Waals surface area contributed by atoms with Crippen LogP contribution in [0.5, 0.6) is 0 Å². The van der Waals surface area contributed by atoms with Crippen LogP contribution >= 0.6 is 24.0 Å². The lowest BCUT2D eigenvalue weighted by atomic mass is 10.2. The number of likely N-dealkylation sites (tertiary alicyclic amines) is 1. The molecule has 0 aliphatic carbocycles. The highest BCUT2D eigenvalue weighted by Gasteiger charge is 2.22. The van der Waals surface area contributed by atoms with Crippen LogP contribution in [-0.4, -0.2) is 72.5 Å². The van der Waals surface area contributed by atoms with Crippen molar-refractivity contribution >= 4 is 35.8 Å². The summed E-state index contributed by atoms with van der Waals surface area (Å²) in [7, 11) is 0. The zero-order valence-corrected chi connectivity index (χ0v) is 17.9.